The first-order valence-electron chi connectivity index (χ1n) is 4.97. The summed E-state index contributed by atoms with van der Waals surface area (Å²) in [6.07, 6.45) is 3.93. The molecule has 2 unspecified atom stereocenters. The number of carbonyl (C=O) groups is 1. The van der Waals surface area contributed by atoms with Crippen LogP contribution in [0.15, 0.2) is 0 Å². The van der Waals surface area contributed by atoms with Crippen LogP contribution in [0.4, 0.5) is 0 Å². The molecule has 0 saturated heterocycles. The molecule has 0 aromatic rings. The Hall–Kier alpha value is -0.610. The predicted octanol–water partition coefficient (Wildman–Crippen LogP) is -0.421. The fourth-order valence-electron chi connectivity index (χ4n) is 1.81. The lowest BCUT2D eigenvalue weighted by molar-refractivity contribution is -0.126. The summed E-state index contributed by atoms with van der Waals surface area (Å²) in [6.45, 7) is 1.08. The number of hydrogen-bond donors (Lipinski definition) is 3. The molecule has 1 saturated carbocycles. The lowest BCUT2D eigenvalue weighted by atomic mass is 9.85. The summed E-state index contributed by atoms with van der Waals surface area (Å²) in [5.41, 5.74) is 11.1. The molecule has 0 aromatic carbocycles. The normalized spacial score (nSPS) is 28.5. The van der Waals surface area contributed by atoms with Gasteiger partial charge in [-0.05, 0) is 19.3 Å². The summed E-state index contributed by atoms with van der Waals surface area (Å²) in [6, 6.07) is 0.211. The van der Waals surface area contributed by atoms with Gasteiger partial charge in [0.1, 0.15) is 0 Å². The highest BCUT2D eigenvalue weighted by atomic mass is 16.1. The SMILES string of the molecule is NCCNC(=O)C1CCCC(N)C1. The second-order valence-corrected chi connectivity index (χ2v) is 3.70. The van der Waals surface area contributed by atoms with E-state index in [1.807, 2.05) is 0 Å². The van der Waals surface area contributed by atoms with Crippen molar-refractivity contribution >= 4 is 5.91 Å². The van der Waals surface area contributed by atoms with Crippen molar-refractivity contribution < 1.29 is 4.79 Å². The minimum absolute atomic E-state index is 0.121. The van der Waals surface area contributed by atoms with E-state index < -0.39 is 0 Å². The summed E-state index contributed by atoms with van der Waals surface area (Å²) < 4.78 is 0. The molecule has 1 amide bonds. The summed E-state index contributed by atoms with van der Waals surface area (Å²) >= 11 is 0. The standard InChI is InChI=1S/C9H19N3O/c10-4-5-12-9(13)7-2-1-3-8(11)6-7/h7-8H,1-6,10-11H2,(H,12,13). The van der Waals surface area contributed by atoms with Gasteiger partial charge in [0.25, 0.3) is 0 Å². The van der Waals surface area contributed by atoms with E-state index in [0.717, 1.165) is 25.7 Å². The Bertz CT molecular complexity index is 172. The Morgan fingerprint density at radius 1 is 1.46 bits per heavy atom. The third-order valence-electron chi connectivity index (χ3n) is 2.53. The first kappa shape index (κ1) is 10.5. The highest BCUT2D eigenvalue weighted by Gasteiger charge is 2.24. The largest absolute Gasteiger partial charge is 0.355 e. The van der Waals surface area contributed by atoms with Gasteiger partial charge in [-0.1, -0.05) is 6.42 Å². The zero-order chi connectivity index (χ0) is 9.68. The lowest BCUT2D eigenvalue weighted by Crippen LogP contribution is -2.39. The molecule has 0 heterocycles. The van der Waals surface area contributed by atoms with Gasteiger partial charge in [0, 0.05) is 25.0 Å². The summed E-state index contributed by atoms with van der Waals surface area (Å²) in [5, 5.41) is 2.80. The monoisotopic (exact) mass is 185 g/mol. The van der Waals surface area contributed by atoms with Crippen molar-refractivity contribution in [3.8, 4) is 0 Å². The number of carbonyl (C=O) groups excluding carboxylic acids is 1. The quantitative estimate of drug-likeness (QED) is 0.558. The van der Waals surface area contributed by atoms with E-state index in [9.17, 15) is 4.79 Å². The van der Waals surface area contributed by atoms with Gasteiger partial charge in [0.05, 0.1) is 0 Å². The third kappa shape index (κ3) is 3.32. The zero-order valence-electron chi connectivity index (χ0n) is 7.96. The maximum Gasteiger partial charge on any atom is 0.223 e. The van der Waals surface area contributed by atoms with Gasteiger partial charge in [-0.2, -0.15) is 0 Å². The fourth-order valence-corrected chi connectivity index (χ4v) is 1.81. The molecule has 0 radical (unpaired) electrons. The van der Waals surface area contributed by atoms with Crippen molar-refractivity contribution in [2.45, 2.75) is 31.7 Å². The van der Waals surface area contributed by atoms with E-state index in [0.29, 0.717) is 13.1 Å². The zero-order valence-corrected chi connectivity index (χ0v) is 7.96. The summed E-state index contributed by atoms with van der Waals surface area (Å²) in [5.74, 6) is 0.246. The molecule has 76 valence electrons. The molecule has 0 aromatic heterocycles. The van der Waals surface area contributed by atoms with Crippen LogP contribution >= 0.6 is 0 Å². The molecular weight excluding hydrogens is 166 g/mol. The number of nitrogens with two attached hydrogens (primary N) is 2. The van der Waals surface area contributed by atoms with Crippen molar-refractivity contribution in [3.05, 3.63) is 0 Å². The minimum atomic E-state index is 0.121. The van der Waals surface area contributed by atoms with Crippen LogP contribution in [0.2, 0.25) is 0 Å². The first-order valence-corrected chi connectivity index (χ1v) is 4.97. The number of rotatable bonds is 3. The van der Waals surface area contributed by atoms with Crippen molar-refractivity contribution in [2.24, 2.45) is 17.4 Å². The van der Waals surface area contributed by atoms with Crippen molar-refractivity contribution in [2.75, 3.05) is 13.1 Å². The lowest BCUT2D eigenvalue weighted by Gasteiger charge is -2.25. The predicted molar refractivity (Wildman–Crippen MR) is 52.0 cm³/mol. The number of hydrogen-bond acceptors (Lipinski definition) is 3. The molecular formula is C9H19N3O. The molecule has 0 spiro atoms. The smallest absolute Gasteiger partial charge is 0.223 e. The van der Waals surface area contributed by atoms with Gasteiger partial charge in [0.15, 0.2) is 0 Å². The number of amides is 1. The van der Waals surface area contributed by atoms with Crippen LogP contribution in [0.5, 0.6) is 0 Å². The van der Waals surface area contributed by atoms with Gasteiger partial charge in [0.2, 0.25) is 5.91 Å². The molecule has 2 atom stereocenters. The molecule has 5 N–H and O–H groups in total. The van der Waals surface area contributed by atoms with Gasteiger partial charge in [-0.3, -0.25) is 4.79 Å². The van der Waals surface area contributed by atoms with E-state index in [1.165, 1.54) is 0 Å². The highest BCUT2D eigenvalue weighted by molar-refractivity contribution is 5.78. The van der Waals surface area contributed by atoms with E-state index >= 15 is 0 Å². The van der Waals surface area contributed by atoms with Crippen LogP contribution < -0.4 is 16.8 Å². The van der Waals surface area contributed by atoms with Crippen molar-refractivity contribution in [1.29, 1.82) is 0 Å². The van der Waals surface area contributed by atoms with Gasteiger partial charge in [-0.15, -0.1) is 0 Å². The van der Waals surface area contributed by atoms with Crippen LogP contribution in [0.3, 0.4) is 0 Å². The Labute approximate surface area is 79.0 Å². The average molecular weight is 185 g/mol. The molecule has 13 heavy (non-hydrogen) atoms. The van der Waals surface area contributed by atoms with Crippen LogP contribution in [0.1, 0.15) is 25.7 Å². The van der Waals surface area contributed by atoms with Crippen molar-refractivity contribution in [3.63, 3.8) is 0 Å². The highest BCUT2D eigenvalue weighted by Crippen LogP contribution is 2.22. The Morgan fingerprint density at radius 3 is 2.85 bits per heavy atom. The maximum atomic E-state index is 11.5. The molecule has 4 nitrogen and oxygen atoms in total. The van der Waals surface area contributed by atoms with Crippen LogP contribution in [0, 0.1) is 5.92 Å². The third-order valence-corrected chi connectivity index (χ3v) is 2.53. The van der Waals surface area contributed by atoms with E-state index in [2.05, 4.69) is 5.32 Å². The van der Waals surface area contributed by atoms with Crippen LogP contribution in [-0.2, 0) is 4.79 Å². The first-order chi connectivity index (χ1) is 6.24. The average Bonchev–Trinajstić information content (AvgIpc) is 2.14. The van der Waals surface area contributed by atoms with E-state index in [4.69, 9.17) is 11.5 Å². The molecule has 4 heteroatoms. The topological polar surface area (TPSA) is 81.1 Å². The number of nitrogens with one attached hydrogen (secondary N) is 1. The fraction of sp³-hybridized carbons (Fsp3) is 0.889. The van der Waals surface area contributed by atoms with Crippen LogP contribution in [0.25, 0.3) is 0 Å². The Kier molecular flexibility index (Phi) is 4.18. The van der Waals surface area contributed by atoms with Gasteiger partial charge >= 0.3 is 0 Å². The summed E-state index contributed by atoms with van der Waals surface area (Å²) in [7, 11) is 0. The van der Waals surface area contributed by atoms with Gasteiger partial charge < -0.3 is 16.8 Å². The molecule has 1 rings (SSSR count). The maximum absolute atomic E-state index is 11.5. The molecule has 1 aliphatic carbocycles. The molecule has 1 aliphatic rings. The Morgan fingerprint density at radius 2 is 2.23 bits per heavy atom. The van der Waals surface area contributed by atoms with Crippen LogP contribution in [-0.4, -0.2) is 25.0 Å². The second kappa shape index (κ2) is 5.19. The van der Waals surface area contributed by atoms with Gasteiger partial charge in [-0.25, -0.2) is 0 Å². The van der Waals surface area contributed by atoms with Crippen molar-refractivity contribution in [1.82, 2.24) is 5.32 Å². The molecule has 0 aliphatic heterocycles. The van der Waals surface area contributed by atoms with E-state index in [-0.39, 0.29) is 17.9 Å². The Balaban J connectivity index is 2.28. The summed E-state index contributed by atoms with van der Waals surface area (Å²) in [4.78, 5) is 11.5. The minimum Gasteiger partial charge on any atom is -0.355 e. The molecule has 1 fully saturated rings. The second-order valence-electron chi connectivity index (χ2n) is 3.70. The van der Waals surface area contributed by atoms with E-state index in [1.54, 1.807) is 0 Å². The molecule has 0 bridgehead atoms.